The number of nitrogens with one attached hydrogen (secondary N) is 1. The number of benzene rings is 2. The Balaban J connectivity index is 1.86. The third kappa shape index (κ3) is 4.33. The molecule has 4 heteroatoms. The summed E-state index contributed by atoms with van der Waals surface area (Å²) in [4.78, 5) is 12.2. The molecular weight excluding hydrogens is 278 g/mol. The maximum absolute atomic E-state index is 12.2. The van der Waals surface area contributed by atoms with Crippen LogP contribution in [0.5, 0.6) is 5.75 Å². The van der Waals surface area contributed by atoms with Crippen LogP contribution in [-0.4, -0.2) is 26.7 Å². The Bertz CT molecular complexity index is 581. The van der Waals surface area contributed by atoms with E-state index in [0.29, 0.717) is 6.54 Å². The van der Waals surface area contributed by atoms with Gasteiger partial charge in [0, 0.05) is 13.7 Å². The summed E-state index contributed by atoms with van der Waals surface area (Å²) >= 11 is 0. The molecule has 0 aliphatic carbocycles. The summed E-state index contributed by atoms with van der Waals surface area (Å²) in [6, 6.07) is 17.3. The van der Waals surface area contributed by atoms with Gasteiger partial charge in [0.1, 0.15) is 5.75 Å². The van der Waals surface area contributed by atoms with Crippen molar-refractivity contribution in [3.63, 3.8) is 0 Å². The lowest BCUT2D eigenvalue weighted by molar-refractivity contribution is -0.131. The number of hydrogen-bond acceptors (Lipinski definition) is 3. The molecule has 0 fully saturated rings. The SMILES string of the molecule is COc1ccc(CCNC(=O)C(OC)c2ccccc2)cc1. The van der Waals surface area contributed by atoms with E-state index in [4.69, 9.17) is 9.47 Å². The van der Waals surface area contributed by atoms with E-state index in [0.717, 1.165) is 23.3 Å². The minimum absolute atomic E-state index is 0.123. The summed E-state index contributed by atoms with van der Waals surface area (Å²) in [5, 5.41) is 2.91. The Hall–Kier alpha value is -2.33. The number of amides is 1. The van der Waals surface area contributed by atoms with Crippen LogP contribution in [0.1, 0.15) is 17.2 Å². The van der Waals surface area contributed by atoms with Crippen LogP contribution in [0.15, 0.2) is 54.6 Å². The van der Waals surface area contributed by atoms with E-state index < -0.39 is 6.10 Å². The van der Waals surface area contributed by atoms with Gasteiger partial charge in [-0.25, -0.2) is 0 Å². The molecule has 2 aromatic carbocycles. The number of carbonyl (C=O) groups excluding carboxylic acids is 1. The van der Waals surface area contributed by atoms with Crippen LogP contribution in [0.3, 0.4) is 0 Å². The highest BCUT2D eigenvalue weighted by atomic mass is 16.5. The molecule has 0 bridgehead atoms. The highest BCUT2D eigenvalue weighted by Gasteiger charge is 2.18. The van der Waals surface area contributed by atoms with E-state index in [1.165, 1.54) is 0 Å². The molecular formula is C18H21NO3. The largest absolute Gasteiger partial charge is 0.497 e. The van der Waals surface area contributed by atoms with Crippen LogP contribution >= 0.6 is 0 Å². The maximum atomic E-state index is 12.2. The predicted octanol–water partition coefficient (Wildman–Crippen LogP) is 2.74. The molecule has 0 aliphatic rings. The van der Waals surface area contributed by atoms with Crippen molar-refractivity contribution >= 4 is 5.91 Å². The van der Waals surface area contributed by atoms with Gasteiger partial charge in [0.05, 0.1) is 7.11 Å². The lowest BCUT2D eigenvalue weighted by Gasteiger charge is -2.15. The summed E-state index contributed by atoms with van der Waals surface area (Å²) in [6.07, 6.45) is 0.193. The molecule has 116 valence electrons. The number of carbonyl (C=O) groups is 1. The molecule has 0 spiro atoms. The molecule has 0 aliphatic heterocycles. The van der Waals surface area contributed by atoms with Gasteiger partial charge in [0.15, 0.2) is 6.10 Å². The summed E-state index contributed by atoms with van der Waals surface area (Å²) in [5.74, 6) is 0.707. The van der Waals surface area contributed by atoms with Crippen molar-refractivity contribution in [1.82, 2.24) is 5.32 Å². The standard InChI is InChI=1S/C18H21NO3/c1-21-16-10-8-14(9-11-16)12-13-19-18(20)17(22-2)15-6-4-3-5-7-15/h3-11,17H,12-13H2,1-2H3,(H,19,20). The van der Waals surface area contributed by atoms with Gasteiger partial charge in [-0.05, 0) is 29.7 Å². The third-order valence-corrected chi connectivity index (χ3v) is 3.45. The molecule has 0 aromatic heterocycles. The molecule has 1 amide bonds. The van der Waals surface area contributed by atoms with Gasteiger partial charge >= 0.3 is 0 Å². The van der Waals surface area contributed by atoms with Gasteiger partial charge in [0.25, 0.3) is 5.91 Å². The van der Waals surface area contributed by atoms with Gasteiger partial charge in [-0.3, -0.25) is 4.79 Å². The second kappa shape index (κ2) is 8.20. The highest BCUT2D eigenvalue weighted by Crippen LogP contribution is 2.16. The Labute approximate surface area is 131 Å². The smallest absolute Gasteiger partial charge is 0.253 e. The summed E-state index contributed by atoms with van der Waals surface area (Å²) in [6.45, 7) is 0.567. The molecule has 0 saturated carbocycles. The van der Waals surface area contributed by atoms with Gasteiger partial charge in [-0.2, -0.15) is 0 Å². The molecule has 4 nitrogen and oxygen atoms in total. The van der Waals surface area contributed by atoms with Crippen LogP contribution in [0, 0.1) is 0 Å². The minimum Gasteiger partial charge on any atom is -0.497 e. The van der Waals surface area contributed by atoms with E-state index in [2.05, 4.69) is 5.32 Å². The van der Waals surface area contributed by atoms with Gasteiger partial charge in [-0.1, -0.05) is 42.5 Å². The van der Waals surface area contributed by atoms with Crippen molar-refractivity contribution in [2.24, 2.45) is 0 Å². The van der Waals surface area contributed by atoms with Crippen LogP contribution < -0.4 is 10.1 Å². The van der Waals surface area contributed by atoms with Crippen molar-refractivity contribution in [2.45, 2.75) is 12.5 Å². The fraction of sp³-hybridized carbons (Fsp3) is 0.278. The van der Waals surface area contributed by atoms with E-state index in [1.807, 2.05) is 54.6 Å². The topological polar surface area (TPSA) is 47.6 Å². The van der Waals surface area contributed by atoms with E-state index in [9.17, 15) is 4.79 Å². The molecule has 0 saturated heterocycles. The zero-order valence-corrected chi connectivity index (χ0v) is 12.9. The molecule has 2 aromatic rings. The second-order valence-electron chi connectivity index (χ2n) is 4.92. The number of rotatable bonds is 7. The molecule has 1 atom stereocenters. The Morgan fingerprint density at radius 1 is 1.05 bits per heavy atom. The quantitative estimate of drug-likeness (QED) is 0.855. The Kier molecular flexibility index (Phi) is 5.98. The van der Waals surface area contributed by atoms with Crippen LogP contribution in [0.2, 0.25) is 0 Å². The molecule has 0 radical (unpaired) electrons. The Morgan fingerprint density at radius 2 is 1.73 bits per heavy atom. The van der Waals surface area contributed by atoms with Crippen molar-refractivity contribution in [3.8, 4) is 5.75 Å². The van der Waals surface area contributed by atoms with E-state index in [-0.39, 0.29) is 5.91 Å². The molecule has 22 heavy (non-hydrogen) atoms. The first-order valence-electron chi connectivity index (χ1n) is 7.23. The average Bonchev–Trinajstić information content (AvgIpc) is 2.57. The predicted molar refractivity (Wildman–Crippen MR) is 85.9 cm³/mol. The number of methoxy groups -OCH3 is 2. The van der Waals surface area contributed by atoms with Crippen molar-refractivity contribution in [3.05, 3.63) is 65.7 Å². The third-order valence-electron chi connectivity index (χ3n) is 3.45. The summed E-state index contributed by atoms with van der Waals surface area (Å²) in [7, 11) is 3.18. The van der Waals surface area contributed by atoms with Gasteiger partial charge in [0.2, 0.25) is 0 Å². The second-order valence-corrected chi connectivity index (χ2v) is 4.92. The van der Waals surface area contributed by atoms with Crippen LogP contribution in [0.25, 0.3) is 0 Å². The fourth-order valence-electron chi connectivity index (χ4n) is 2.24. The summed E-state index contributed by atoms with van der Waals surface area (Å²) in [5.41, 5.74) is 2.00. The zero-order valence-electron chi connectivity index (χ0n) is 12.9. The van der Waals surface area contributed by atoms with Gasteiger partial charge in [-0.15, -0.1) is 0 Å². The minimum atomic E-state index is -0.572. The first kappa shape index (κ1) is 16.0. The number of hydrogen-bond donors (Lipinski definition) is 1. The van der Waals surface area contributed by atoms with E-state index >= 15 is 0 Å². The van der Waals surface area contributed by atoms with Crippen LogP contribution in [-0.2, 0) is 16.0 Å². The van der Waals surface area contributed by atoms with Crippen LogP contribution in [0.4, 0.5) is 0 Å². The first-order chi connectivity index (χ1) is 10.7. The average molecular weight is 299 g/mol. The van der Waals surface area contributed by atoms with Gasteiger partial charge < -0.3 is 14.8 Å². The van der Waals surface area contributed by atoms with Crippen molar-refractivity contribution < 1.29 is 14.3 Å². The molecule has 1 unspecified atom stereocenters. The molecule has 0 heterocycles. The summed E-state index contributed by atoms with van der Waals surface area (Å²) < 4.78 is 10.4. The monoisotopic (exact) mass is 299 g/mol. The molecule has 2 rings (SSSR count). The van der Waals surface area contributed by atoms with Crippen molar-refractivity contribution in [1.29, 1.82) is 0 Å². The first-order valence-corrected chi connectivity index (χ1v) is 7.23. The van der Waals surface area contributed by atoms with Crippen molar-refractivity contribution in [2.75, 3.05) is 20.8 Å². The lowest BCUT2D eigenvalue weighted by Crippen LogP contribution is -2.31. The highest BCUT2D eigenvalue weighted by molar-refractivity contribution is 5.82. The maximum Gasteiger partial charge on any atom is 0.253 e. The number of ether oxygens (including phenoxy) is 2. The zero-order chi connectivity index (χ0) is 15.8. The van der Waals surface area contributed by atoms with E-state index in [1.54, 1.807) is 14.2 Å². The normalized spacial score (nSPS) is 11.7. The Morgan fingerprint density at radius 3 is 2.32 bits per heavy atom. The fourth-order valence-corrected chi connectivity index (χ4v) is 2.24. The lowest BCUT2D eigenvalue weighted by atomic mass is 10.1. The molecule has 1 N–H and O–H groups in total.